The monoisotopic (exact) mass is 247 g/mol. The fourth-order valence-corrected chi connectivity index (χ4v) is 1.78. The van der Waals surface area contributed by atoms with Crippen molar-refractivity contribution in [3.8, 4) is 0 Å². The number of alkyl halides is 1. The zero-order valence-electron chi connectivity index (χ0n) is 10.5. The van der Waals surface area contributed by atoms with Crippen LogP contribution in [0.5, 0.6) is 0 Å². The SMILES string of the molecule is CC(C)(C)OC(=O)N1C[C@](C)(F)C[C@@H]1C(=O)O. The molecular weight excluding hydrogens is 229 g/mol. The van der Waals surface area contributed by atoms with Crippen LogP contribution in [0.15, 0.2) is 0 Å². The molecule has 1 heterocycles. The molecule has 0 aromatic carbocycles. The Labute approximate surface area is 99.5 Å². The second-order valence-electron chi connectivity index (χ2n) is 5.58. The minimum atomic E-state index is -1.68. The van der Waals surface area contributed by atoms with Gasteiger partial charge in [0.05, 0.1) is 6.54 Å². The van der Waals surface area contributed by atoms with Gasteiger partial charge in [-0.25, -0.2) is 14.0 Å². The molecule has 0 bridgehead atoms. The molecule has 2 atom stereocenters. The Morgan fingerprint density at radius 1 is 1.47 bits per heavy atom. The standard InChI is InChI=1S/C11H18FNO4/c1-10(2,3)17-9(16)13-6-11(4,12)5-7(13)8(14)15/h7H,5-6H2,1-4H3,(H,14,15)/t7-,11-/m1/s1. The summed E-state index contributed by atoms with van der Waals surface area (Å²) in [6.07, 6.45) is -0.993. The van der Waals surface area contributed by atoms with E-state index in [4.69, 9.17) is 9.84 Å². The number of hydrogen-bond donors (Lipinski definition) is 1. The fourth-order valence-electron chi connectivity index (χ4n) is 1.78. The van der Waals surface area contributed by atoms with E-state index in [0.717, 1.165) is 4.90 Å². The Hall–Kier alpha value is -1.33. The lowest BCUT2D eigenvalue weighted by molar-refractivity contribution is -0.142. The van der Waals surface area contributed by atoms with Crippen LogP contribution in [0.4, 0.5) is 9.18 Å². The van der Waals surface area contributed by atoms with Crippen molar-refractivity contribution in [1.82, 2.24) is 4.90 Å². The van der Waals surface area contributed by atoms with Crippen LogP contribution in [0.3, 0.4) is 0 Å². The summed E-state index contributed by atoms with van der Waals surface area (Å²) in [5.41, 5.74) is -2.41. The summed E-state index contributed by atoms with van der Waals surface area (Å²) < 4.78 is 18.8. The number of carbonyl (C=O) groups is 2. The van der Waals surface area contributed by atoms with Crippen LogP contribution in [-0.4, -0.2) is 45.9 Å². The number of likely N-dealkylation sites (tertiary alicyclic amines) is 1. The minimum Gasteiger partial charge on any atom is -0.480 e. The van der Waals surface area contributed by atoms with Crippen LogP contribution >= 0.6 is 0 Å². The van der Waals surface area contributed by atoms with E-state index in [-0.39, 0.29) is 13.0 Å². The van der Waals surface area contributed by atoms with Gasteiger partial charge in [-0.2, -0.15) is 0 Å². The molecule has 1 amide bonds. The molecule has 0 radical (unpaired) electrons. The third-order valence-corrected chi connectivity index (χ3v) is 2.41. The summed E-state index contributed by atoms with van der Waals surface area (Å²) in [4.78, 5) is 23.6. The Bertz CT molecular complexity index is 335. The van der Waals surface area contributed by atoms with Gasteiger partial charge in [0, 0.05) is 6.42 Å². The lowest BCUT2D eigenvalue weighted by atomic mass is 10.1. The highest BCUT2D eigenvalue weighted by Gasteiger charge is 2.48. The zero-order valence-corrected chi connectivity index (χ0v) is 10.5. The Morgan fingerprint density at radius 2 is 2.00 bits per heavy atom. The maximum absolute atomic E-state index is 13.8. The third kappa shape index (κ3) is 3.57. The second-order valence-corrected chi connectivity index (χ2v) is 5.58. The van der Waals surface area contributed by atoms with Crippen LogP contribution in [0, 0.1) is 0 Å². The first kappa shape index (κ1) is 13.7. The summed E-state index contributed by atoms with van der Waals surface area (Å²) in [5, 5.41) is 8.95. The van der Waals surface area contributed by atoms with E-state index < -0.39 is 29.4 Å². The number of carbonyl (C=O) groups excluding carboxylic acids is 1. The van der Waals surface area contributed by atoms with Crippen molar-refractivity contribution >= 4 is 12.1 Å². The van der Waals surface area contributed by atoms with E-state index in [0.29, 0.717) is 0 Å². The van der Waals surface area contributed by atoms with Gasteiger partial charge in [0.25, 0.3) is 0 Å². The van der Waals surface area contributed by atoms with Gasteiger partial charge in [0.2, 0.25) is 0 Å². The van der Waals surface area contributed by atoms with Gasteiger partial charge in [-0.3, -0.25) is 4.90 Å². The van der Waals surface area contributed by atoms with Gasteiger partial charge in [-0.05, 0) is 27.7 Å². The first-order chi connectivity index (χ1) is 7.52. The highest BCUT2D eigenvalue weighted by molar-refractivity contribution is 5.81. The molecule has 1 saturated heterocycles. The number of amides is 1. The first-order valence-electron chi connectivity index (χ1n) is 5.43. The summed E-state index contributed by atoms with van der Waals surface area (Å²) >= 11 is 0. The quantitative estimate of drug-likeness (QED) is 0.767. The Morgan fingerprint density at radius 3 is 2.41 bits per heavy atom. The molecule has 5 nitrogen and oxygen atoms in total. The van der Waals surface area contributed by atoms with Crippen molar-refractivity contribution in [2.75, 3.05) is 6.54 Å². The van der Waals surface area contributed by atoms with Gasteiger partial charge < -0.3 is 9.84 Å². The molecule has 0 unspecified atom stereocenters. The maximum atomic E-state index is 13.8. The Balaban J connectivity index is 2.81. The van der Waals surface area contributed by atoms with E-state index in [9.17, 15) is 14.0 Å². The lowest BCUT2D eigenvalue weighted by Gasteiger charge is -2.26. The zero-order chi connectivity index (χ0) is 13.4. The van der Waals surface area contributed by atoms with E-state index in [1.165, 1.54) is 6.92 Å². The molecule has 0 aromatic rings. The molecule has 0 spiro atoms. The third-order valence-electron chi connectivity index (χ3n) is 2.41. The number of ether oxygens (including phenoxy) is 1. The maximum Gasteiger partial charge on any atom is 0.411 e. The molecule has 1 fully saturated rings. The van der Waals surface area contributed by atoms with Gasteiger partial charge in [0.15, 0.2) is 0 Å². The largest absolute Gasteiger partial charge is 0.480 e. The van der Waals surface area contributed by atoms with Crippen molar-refractivity contribution in [3.05, 3.63) is 0 Å². The average Bonchev–Trinajstić information content (AvgIpc) is 2.38. The van der Waals surface area contributed by atoms with Crippen molar-refractivity contribution < 1.29 is 23.8 Å². The van der Waals surface area contributed by atoms with E-state index >= 15 is 0 Å². The number of halogens is 1. The first-order valence-corrected chi connectivity index (χ1v) is 5.43. The summed E-state index contributed by atoms with van der Waals surface area (Å²) in [5.74, 6) is -1.21. The van der Waals surface area contributed by atoms with Crippen LogP contribution in [0.1, 0.15) is 34.1 Å². The highest BCUT2D eigenvalue weighted by atomic mass is 19.1. The van der Waals surface area contributed by atoms with Crippen molar-refractivity contribution in [3.63, 3.8) is 0 Å². The number of nitrogens with zero attached hydrogens (tertiary/aromatic N) is 1. The highest BCUT2D eigenvalue weighted by Crippen LogP contribution is 2.31. The molecule has 17 heavy (non-hydrogen) atoms. The lowest BCUT2D eigenvalue weighted by Crippen LogP contribution is -2.43. The summed E-state index contributed by atoms with van der Waals surface area (Å²) in [6, 6.07) is -1.15. The number of hydrogen-bond acceptors (Lipinski definition) is 3. The van der Waals surface area contributed by atoms with Gasteiger partial charge >= 0.3 is 12.1 Å². The molecule has 98 valence electrons. The normalized spacial score (nSPS) is 29.2. The van der Waals surface area contributed by atoms with E-state index in [1.807, 2.05) is 0 Å². The predicted octanol–water partition coefficient (Wildman–Crippen LogP) is 1.81. The predicted molar refractivity (Wildman–Crippen MR) is 58.5 cm³/mol. The number of carboxylic acid groups (broad SMARTS) is 1. The molecule has 1 aliphatic heterocycles. The van der Waals surface area contributed by atoms with Crippen LogP contribution < -0.4 is 0 Å². The van der Waals surface area contributed by atoms with Crippen LogP contribution in [-0.2, 0) is 9.53 Å². The van der Waals surface area contributed by atoms with Crippen molar-refractivity contribution in [2.45, 2.75) is 51.4 Å². The molecule has 1 N–H and O–H groups in total. The number of rotatable bonds is 1. The summed E-state index contributed by atoms with van der Waals surface area (Å²) in [7, 11) is 0. The smallest absolute Gasteiger partial charge is 0.411 e. The van der Waals surface area contributed by atoms with Crippen LogP contribution in [0.2, 0.25) is 0 Å². The van der Waals surface area contributed by atoms with Gasteiger partial charge in [-0.1, -0.05) is 0 Å². The molecule has 0 saturated carbocycles. The molecule has 1 aliphatic rings. The van der Waals surface area contributed by atoms with Gasteiger partial charge in [-0.15, -0.1) is 0 Å². The number of aliphatic carboxylic acids is 1. The molecule has 0 aromatic heterocycles. The van der Waals surface area contributed by atoms with Crippen LogP contribution in [0.25, 0.3) is 0 Å². The van der Waals surface area contributed by atoms with E-state index in [2.05, 4.69) is 0 Å². The molecular formula is C11H18FNO4. The van der Waals surface area contributed by atoms with Gasteiger partial charge in [0.1, 0.15) is 17.3 Å². The molecule has 6 heteroatoms. The van der Waals surface area contributed by atoms with E-state index in [1.54, 1.807) is 20.8 Å². The topological polar surface area (TPSA) is 66.8 Å². The Kier molecular flexibility index (Phi) is 3.36. The average molecular weight is 247 g/mol. The summed E-state index contributed by atoms with van der Waals surface area (Å²) in [6.45, 7) is 6.05. The minimum absolute atomic E-state index is 0.207. The molecule has 1 rings (SSSR count). The van der Waals surface area contributed by atoms with Crippen molar-refractivity contribution in [2.24, 2.45) is 0 Å². The number of carboxylic acids is 1. The molecule has 0 aliphatic carbocycles. The second kappa shape index (κ2) is 4.16. The fraction of sp³-hybridized carbons (Fsp3) is 0.818. The van der Waals surface area contributed by atoms with Crippen molar-refractivity contribution in [1.29, 1.82) is 0 Å².